The summed E-state index contributed by atoms with van der Waals surface area (Å²) >= 11 is 0. The molecule has 1 saturated heterocycles. The number of carbonyl (C=O) groups is 1. The Morgan fingerprint density at radius 3 is 2.94 bits per heavy atom. The van der Waals surface area contributed by atoms with Crippen LogP contribution in [0.3, 0.4) is 0 Å². The van der Waals surface area contributed by atoms with E-state index in [4.69, 9.17) is 10.2 Å². The zero-order valence-electron chi connectivity index (χ0n) is 11.2. The van der Waals surface area contributed by atoms with E-state index in [1.165, 1.54) is 0 Å². The third-order valence-corrected chi connectivity index (χ3v) is 3.84. The van der Waals surface area contributed by atoms with E-state index < -0.39 is 0 Å². The largest absolute Gasteiger partial charge is 0.456 e. The Labute approximate surface area is 108 Å². The highest BCUT2D eigenvalue weighted by atomic mass is 16.4. The maximum Gasteiger partial charge on any atom is 0.289 e. The van der Waals surface area contributed by atoms with Crippen molar-refractivity contribution in [2.75, 3.05) is 13.1 Å². The molecule has 0 aliphatic carbocycles. The summed E-state index contributed by atoms with van der Waals surface area (Å²) in [5.74, 6) is 1.75. The summed E-state index contributed by atoms with van der Waals surface area (Å²) in [6, 6.07) is 3.79. The molecule has 2 N–H and O–H groups in total. The number of likely N-dealkylation sites (tertiary alicyclic amines) is 1. The fraction of sp³-hybridized carbons (Fsp3) is 0.643. The fourth-order valence-electron chi connectivity index (χ4n) is 2.69. The van der Waals surface area contributed by atoms with Gasteiger partial charge in [-0.1, -0.05) is 13.8 Å². The van der Waals surface area contributed by atoms with Crippen molar-refractivity contribution in [3.8, 4) is 0 Å². The van der Waals surface area contributed by atoms with E-state index in [0.717, 1.165) is 31.6 Å². The molecule has 0 radical (unpaired) electrons. The Kier molecular flexibility index (Phi) is 4.07. The molecule has 4 heteroatoms. The lowest BCUT2D eigenvalue weighted by atomic mass is 9.90. The van der Waals surface area contributed by atoms with E-state index >= 15 is 0 Å². The molecular formula is C14H22N2O2. The molecule has 1 amide bonds. The smallest absolute Gasteiger partial charge is 0.289 e. The Balaban J connectivity index is 2.16. The summed E-state index contributed by atoms with van der Waals surface area (Å²) in [6.07, 6.45) is 3.00. The molecule has 100 valence electrons. The van der Waals surface area contributed by atoms with Gasteiger partial charge in [0.2, 0.25) is 0 Å². The van der Waals surface area contributed by atoms with Gasteiger partial charge in [0.25, 0.3) is 5.91 Å². The van der Waals surface area contributed by atoms with Crippen LogP contribution in [0.2, 0.25) is 0 Å². The van der Waals surface area contributed by atoms with Crippen molar-refractivity contribution >= 4 is 5.91 Å². The van der Waals surface area contributed by atoms with Crippen molar-refractivity contribution in [2.24, 2.45) is 11.7 Å². The predicted octanol–water partition coefficient (Wildman–Crippen LogP) is 2.04. The van der Waals surface area contributed by atoms with Gasteiger partial charge in [-0.05, 0) is 30.9 Å². The third-order valence-electron chi connectivity index (χ3n) is 3.84. The predicted molar refractivity (Wildman–Crippen MR) is 70.4 cm³/mol. The van der Waals surface area contributed by atoms with E-state index in [9.17, 15) is 4.79 Å². The zero-order valence-corrected chi connectivity index (χ0v) is 11.2. The molecule has 1 aliphatic rings. The number of aryl methyl sites for hydroxylation is 1. The van der Waals surface area contributed by atoms with Crippen molar-refractivity contribution in [3.05, 3.63) is 23.7 Å². The number of piperidine rings is 1. The van der Waals surface area contributed by atoms with Crippen molar-refractivity contribution in [1.29, 1.82) is 0 Å². The highest BCUT2D eigenvalue weighted by Gasteiger charge is 2.32. The first-order valence-corrected chi connectivity index (χ1v) is 6.77. The van der Waals surface area contributed by atoms with Crippen LogP contribution < -0.4 is 5.73 Å². The molecule has 2 atom stereocenters. The Hall–Kier alpha value is -1.29. The topological polar surface area (TPSA) is 59.5 Å². The number of nitrogens with two attached hydrogens (primary N) is 1. The number of hydrogen-bond donors (Lipinski definition) is 1. The van der Waals surface area contributed by atoms with Gasteiger partial charge in [0.05, 0.1) is 0 Å². The number of hydrogen-bond acceptors (Lipinski definition) is 3. The van der Waals surface area contributed by atoms with Gasteiger partial charge in [0.15, 0.2) is 5.76 Å². The van der Waals surface area contributed by atoms with Crippen molar-refractivity contribution in [2.45, 2.75) is 39.2 Å². The number of amides is 1. The van der Waals surface area contributed by atoms with Gasteiger partial charge in [-0.2, -0.15) is 0 Å². The Morgan fingerprint density at radius 2 is 2.33 bits per heavy atom. The number of carbonyl (C=O) groups excluding carboxylic acids is 1. The minimum absolute atomic E-state index is 0.0169. The number of furan rings is 1. The molecule has 0 bridgehead atoms. The van der Waals surface area contributed by atoms with Crippen molar-refractivity contribution < 1.29 is 9.21 Å². The van der Waals surface area contributed by atoms with Crippen LogP contribution in [0, 0.1) is 5.92 Å². The first-order chi connectivity index (χ1) is 8.67. The fourth-order valence-corrected chi connectivity index (χ4v) is 2.69. The highest BCUT2D eigenvalue weighted by molar-refractivity contribution is 5.91. The van der Waals surface area contributed by atoms with Gasteiger partial charge in [0, 0.05) is 25.6 Å². The van der Waals surface area contributed by atoms with Gasteiger partial charge in [-0.15, -0.1) is 0 Å². The minimum Gasteiger partial charge on any atom is -0.456 e. The van der Waals surface area contributed by atoms with Crippen LogP contribution in [-0.2, 0) is 6.42 Å². The van der Waals surface area contributed by atoms with E-state index in [0.29, 0.717) is 18.2 Å². The lowest BCUT2D eigenvalue weighted by Crippen LogP contribution is -2.51. The molecule has 1 aliphatic heterocycles. The van der Waals surface area contributed by atoms with Crippen LogP contribution in [-0.4, -0.2) is 29.9 Å². The highest BCUT2D eigenvalue weighted by Crippen LogP contribution is 2.24. The Bertz CT molecular complexity index is 414. The van der Waals surface area contributed by atoms with Crippen LogP contribution in [0.15, 0.2) is 16.5 Å². The minimum atomic E-state index is -0.0169. The summed E-state index contributed by atoms with van der Waals surface area (Å²) in [5, 5.41) is 0. The maximum absolute atomic E-state index is 12.4. The van der Waals surface area contributed by atoms with E-state index in [1.807, 2.05) is 17.9 Å². The monoisotopic (exact) mass is 250 g/mol. The summed E-state index contributed by atoms with van der Waals surface area (Å²) in [7, 11) is 0. The van der Waals surface area contributed by atoms with E-state index in [-0.39, 0.29) is 11.9 Å². The van der Waals surface area contributed by atoms with Crippen LogP contribution in [0.4, 0.5) is 0 Å². The molecule has 1 fully saturated rings. The molecular weight excluding hydrogens is 228 g/mol. The Morgan fingerprint density at radius 1 is 1.56 bits per heavy atom. The lowest BCUT2D eigenvalue weighted by molar-refractivity contribution is 0.0499. The van der Waals surface area contributed by atoms with Crippen LogP contribution >= 0.6 is 0 Å². The first kappa shape index (κ1) is 13.1. The molecule has 1 aromatic rings. The van der Waals surface area contributed by atoms with Gasteiger partial charge >= 0.3 is 0 Å². The number of rotatable bonds is 3. The molecule has 2 heterocycles. The summed E-state index contributed by atoms with van der Waals surface area (Å²) in [5.41, 5.74) is 5.81. The normalized spacial score (nSPS) is 24.3. The van der Waals surface area contributed by atoms with Crippen LogP contribution in [0.5, 0.6) is 0 Å². The van der Waals surface area contributed by atoms with Gasteiger partial charge in [-0.3, -0.25) is 4.79 Å². The molecule has 0 unspecified atom stereocenters. The van der Waals surface area contributed by atoms with E-state index in [2.05, 4.69) is 6.92 Å². The number of nitrogens with zero attached hydrogens (tertiary/aromatic N) is 1. The summed E-state index contributed by atoms with van der Waals surface area (Å²) < 4.78 is 5.54. The second kappa shape index (κ2) is 5.57. The average molecular weight is 250 g/mol. The second-order valence-corrected chi connectivity index (χ2v) is 5.04. The molecule has 0 saturated carbocycles. The zero-order chi connectivity index (χ0) is 13.1. The van der Waals surface area contributed by atoms with Gasteiger partial charge in [0.1, 0.15) is 5.76 Å². The van der Waals surface area contributed by atoms with Crippen LogP contribution in [0.1, 0.15) is 43.0 Å². The molecule has 0 aromatic carbocycles. The molecule has 4 nitrogen and oxygen atoms in total. The first-order valence-electron chi connectivity index (χ1n) is 6.77. The molecule has 2 rings (SSSR count). The SMILES string of the molecule is CCc1ccc(C(=O)N2CCC[C@@H](C)[C@H]2CN)o1. The third kappa shape index (κ3) is 2.43. The lowest BCUT2D eigenvalue weighted by Gasteiger charge is -2.38. The summed E-state index contributed by atoms with van der Waals surface area (Å²) in [6.45, 7) is 5.48. The molecule has 0 spiro atoms. The quantitative estimate of drug-likeness (QED) is 0.893. The van der Waals surface area contributed by atoms with Crippen LogP contribution in [0.25, 0.3) is 0 Å². The van der Waals surface area contributed by atoms with Gasteiger partial charge < -0.3 is 15.1 Å². The molecule has 1 aromatic heterocycles. The maximum atomic E-state index is 12.4. The van der Waals surface area contributed by atoms with Crippen molar-refractivity contribution in [3.63, 3.8) is 0 Å². The van der Waals surface area contributed by atoms with Crippen molar-refractivity contribution in [1.82, 2.24) is 4.90 Å². The van der Waals surface area contributed by atoms with Gasteiger partial charge in [-0.25, -0.2) is 0 Å². The second-order valence-electron chi connectivity index (χ2n) is 5.04. The van der Waals surface area contributed by atoms with E-state index in [1.54, 1.807) is 6.07 Å². The molecule has 18 heavy (non-hydrogen) atoms. The summed E-state index contributed by atoms with van der Waals surface area (Å²) in [4.78, 5) is 14.3. The average Bonchev–Trinajstić information content (AvgIpc) is 2.86. The standard InChI is InChI=1S/C14H22N2O2/c1-3-11-6-7-13(18-11)14(17)16-8-4-5-10(2)12(16)9-15/h6-7,10,12H,3-5,8-9,15H2,1-2H3/t10-,12-/m1/s1.